The average molecular weight is 203 g/mol. The van der Waals surface area contributed by atoms with E-state index in [1.54, 1.807) is 12.4 Å². The fourth-order valence-corrected chi connectivity index (χ4v) is 1.21. The molecular formula is C6H5N9. The van der Waals surface area contributed by atoms with Crippen LogP contribution >= 0.6 is 0 Å². The van der Waals surface area contributed by atoms with Gasteiger partial charge in [0.15, 0.2) is 11.5 Å². The predicted octanol–water partition coefficient (Wildman–Crippen LogP) is -1.32. The van der Waals surface area contributed by atoms with Gasteiger partial charge in [0.25, 0.3) is 0 Å². The van der Waals surface area contributed by atoms with Crippen molar-refractivity contribution in [3.8, 4) is 5.82 Å². The molecule has 3 heterocycles. The van der Waals surface area contributed by atoms with E-state index < -0.39 is 0 Å². The third kappa shape index (κ3) is 1.10. The van der Waals surface area contributed by atoms with Crippen LogP contribution in [0.3, 0.4) is 0 Å². The van der Waals surface area contributed by atoms with E-state index in [1.165, 1.54) is 15.5 Å². The van der Waals surface area contributed by atoms with Crippen LogP contribution in [-0.4, -0.2) is 39.8 Å². The van der Waals surface area contributed by atoms with E-state index in [0.717, 1.165) is 0 Å². The standard InChI is InChI=1S/C6H5N9/c7-6-9-3-14(11-6)5-2-8-1-4-10-12-13-15(4)5/h1-3H,(H2,7,11). The molecule has 3 aromatic heterocycles. The molecule has 74 valence electrons. The third-order valence-corrected chi connectivity index (χ3v) is 1.83. The van der Waals surface area contributed by atoms with Crippen molar-refractivity contribution in [1.82, 2.24) is 39.8 Å². The van der Waals surface area contributed by atoms with Crippen LogP contribution in [0.4, 0.5) is 5.95 Å². The quantitative estimate of drug-likeness (QED) is 0.521. The zero-order chi connectivity index (χ0) is 10.3. The Morgan fingerprint density at radius 3 is 3.00 bits per heavy atom. The maximum Gasteiger partial charge on any atom is 0.239 e. The van der Waals surface area contributed by atoms with Crippen molar-refractivity contribution in [2.45, 2.75) is 0 Å². The van der Waals surface area contributed by atoms with Gasteiger partial charge in [-0.25, -0.2) is 4.98 Å². The lowest BCUT2D eigenvalue weighted by atomic mass is 10.6. The summed E-state index contributed by atoms with van der Waals surface area (Å²) in [6.07, 6.45) is 4.58. The molecule has 0 aliphatic heterocycles. The Morgan fingerprint density at radius 2 is 2.20 bits per heavy atom. The molecule has 9 nitrogen and oxygen atoms in total. The van der Waals surface area contributed by atoms with Crippen LogP contribution in [0.2, 0.25) is 0 Å². The van der Waals surface area contributed by atoms with Crippen molar-refractivity contribution in [1.29, 1.82) is 0 Å². The lowest BCUT2D eigenvalue weighted by Crippen LogP contribution is -2.05. The number of aromatic nitrogens is 8. The summed E-state index contributed by atoms with van der Waals surface area (Å²) in [6.45, 7) is 0. The van der Waals surface area contributed by atoms with Gasteiger partial charge in [-0.15, -0.1) is 10.2 Å². The van der Waals surface area contributed by atoms with Gasteiger partial charge in [0.05, 0.1) is 12.4 Å². The van der Waals surface area contributed by atoms with E-state index in [-0.39, 0.29) is 5.95 Å². The smallest absolute Gasteiger partial charge is 0.239 e. The van der Waals surface area contributed by atoms with Crippen LogP contribution in [0.15, 0.2) is 18.7 Å². The number of rotatable bonds is 1. The van der Waals surface area contributed by atoms with Gasteiger partial charge in [-0.3, -0.25) is 4.98 Å². The summed E-state index contributed by atoms with van der Waals surface area (Å²) in [4.78, 5) is 7.78. The normalized spacial score (nSPS) is 10.9. The summed E-state index contributed by atoms with van der Waals surface area (Å²) in [5, 5.41) is 15.0. The van der Waals surface area contributed by atoms with E-state index in [9.17, 15) is 0 Å². The largest absolute Gasteiger partial charge is 0.366 e. The fourth-order valence-electron chi connectivity index (χ4n) is 1.21. The number of tetrazole rings is 1. The summed E-state index contributed by atoms with van der Waals surface area (Å²) < 4.78 is 2.94. The second-order valence-electron chi connectivity index (χ2n) is 2.76. The monoisotopic (exact) mass is 203 g/mol. The first-order valence-corrected chi connectivity index (χ1v) is 4.04. The molecule has 0 bridgehead atoms. The fraction of sp³-hybridized carbons (Fsp3) is 0. The molecule has 0 saturated carbocycles. The molecule has 0 amide bonds. The molecule has 0 saturated heterocycles. The van der Waals surface area contributed by atoms with Gasteiger partial charge in [0.2, 0.25) is 5.95 Å². The van der Waals surface area contributed by atoms with Crippen molar-refractivity contribution in [2.75, 3.05) is 5.73 Å². The Bertz CT molecular complexity index is 608. The Morgan fingerprint density at radius 1 is 1.27 bits per heavy atom. The molecule has 0 spiro atoms. The molecule has 0 aliphatic carbocycles. The van der Waals surface area contributed by atoms with Crippen LogP contribution in [0, 0.1) is 0 Å². The average Bonchev–Trinajstić information content (AvgIpc) is 2.84. The SMILES string of the molecule is Nc1ncn(-c2cncc3nnnn23)n1. The van der Waals surface area contributed by atoms with E-state index >= 15 is 0 Å². The molecule has 0 unspecified atom stereocenters. The lowest BCUT2D eigenvalue weighted by Gasteiger charge is -1.99. The highest BCUT2D eigenvalue weighted by Crippen LogP contribution is 2.05. The number of hydrogen-bond donors (Lipinski definition) is 1. The Kier molecular flexibility index (Phi) is 1.40. The summed E-state index contributed by atoms with van der Waals surface area (Å²) in [7, 11) is 0. The zero-order valence-electron chi connectivity index (χ0n) is 7.39. The van der Waals surface area contributed by atoms with Crippen molar-refractivity contribution in [3.63, 3.8) is 0 Å². The van der Waals surface area contributed by atoms with Crippen LogP contribution in [0.25, 0.3) is 11.5 Å². The summed E-state index contributed by atoms with van der Waals surface area (Å²) >= 11 is 0. The van der Waals surface area contributed by atoms with Gasteiger partial charge in [-0.05, 0) is 10.4 Å². The zero-order valence-corrected chi connectivity index (χ0v) is 7.39. The molecule has 0 aromatic carbocycles. The van der Waals surface area contributed by atoms with Gasteiger partial charge >= 0.3 is 0 Å². The molecule has 15 heavy (non-hydrogen) atoms. The minimum Gasteiger partial charge on any atom is -0.366 e. The topological polar surface area (TPSA) is 113 Å². The van der Waals surface area contributed by atoms with E-state index in [0.29, 0.717) is 11.5 Å². The number of anilines is 1. The maximum atomic E-state index is 5.41. The minimum absolute atomic E-state index is 0.181. The molecular weight excluding hydrogens is 198 g/mol. The van der Waals surface area contributed by atoms with Gasteiger partial charge in [0.1, 0.15) is 6.33 Å². The number of hydrogen-bond acceptors (Lipinski definition) is 7. The second-order valence-corrected chi connectivity index (χ2v) is 2.76. The Balaban J connectivity index is 2.30. The number of nitrogens with zero attached hydrogens (tertiary/aromatic N) is 8. The van der Waals surface area contributed by atoms with Gasteiger partial charge in [0, 0.05) is 0 Å². The molecule has 9 heteroatoms. The molecule has 3 rings (SSSR count). The maximum absolute atomic E-state index is 5.41. The summed E-state index contributed by atoms with van der Waals surface area (Å²) in [5.74, 6) is 0.752. The highest BCUT2D eigenvalue weighted by molar-refractivity contribution is 5.37. The summed E-state index contributed by atoms with van der Waals surface area (Å²) in [6, 6.07) is 0. The van der Waals surface area contributed by atoms with Crippen molar-refractivity contribution >= 4 is 11.6 Å². The van der Waals surface area contributed by atoms with Crippen molar-refractivity contribution < 1.29 is 0 Å². The molecule has 0 atom stereocenters. The first-order chi connectivity index (χ1) is 7.34. The van der Waals surface area contributed by atoms with E-state index in [4.69, 9.17) is 5.73 Å². The molecule has 0 aliphatic rings. The minimum atomic E-state index is 0.181. The van der Waals surface area contributed by atoms with Crippen molar-refractivity contribution in [3.05, 3.63) is 18.7 Å². The first kappa shape index (κ1) is 7.79. The highest BCUT2D eigenvalue weighted by Gasteiger charge is 2.07. The number of nitrogens with two attached hydrogens (primary N) is 1. The molecule has 3 aromatic rings. The summed E-state index contributed by atoms with van der Waals surface area (Å²) in [5.41, 5.74) is 5.94. The first-order valence-electron chi connectivity index (χ1n) is 4.04. The number of fused-ring (bicyclic) bond motifs is 1. The molecule has 2 N–H and O–H groups in total. The molecule has 0 fully saturated rings. The second kappa shape index (κ2) is 2.70. The molecule has 0 radical (unpaired) electrons. The predicted molar refractivity (Wildman–Crippen MR) is 47.9 cm³/mol. The van der Waals surface area contributed by atoms with Gasteiger partial charge in [-0.1, -0.05) is 0 Å². The lowest BCUT2D eigenvalue weighted by molar-refractivity contribution is 0.746. The van der Waals surface area contributed by atoms with E-state index in [2.05, 4.69) is 30.6 Å². The van der Waals surface area contributed by atoms with Gasteiger partial charge in [-0.2, -0.15) is 9.20 Å². The highest BCUT2D eigenvalue weighted by atomic mass is 15.5. The van der Waals surface area contributed by atoms with Crippen LogP contribution in [0.5, 0.6) is 0 Å². The Labute approximate surface area is 82.6 Å². The van der Waals surface area contributed by atoms with Crippen LogP contribution in [0.1, 0.15) is 0 Å². The van der Waals surface area contributed by atoms with Crippen molar-refractivity contribution in [2.24, 2.45) is 0 Å². The number of nitrogen functional groups attached to an aromatic ring is 1. The Hall–Kier alpha value is -2.58. The van der Waals surface area contributed by atoms with E-state index in [1.807, 2.05) is 0 Å². The van der Waals surface area contributed by atoms with Gasteiger partial charge < -0.3 is 5.73 Å². The van der Waals surface area contributed by atoms with Crippen LogP contribution < -0.4 is 5.73 Å². The van der Waals surface area contributed by atoms with Crippen LogP contribution in [-0.2, 0) is 0 Å². The third-order valence-electron chi connectivity index (χ3n) is 1.83.